The van der Waals surface area contributed by atoms with Gasteiger partial charge in [0.1, 0.15) is 0 Å². The van der Waals surface area contributed by atoms with Crippen LogP contribution in [0.4, 0.5) is 0 Å². The van der Waals surface area contributed by atoms with E-state index >= 15 is 0 Å². The number of rotatable bonds is 10. The number of carboxylic acid groups (broad SMARTS) is 1. The number of carbonyl (C=O) groups excluding carboxylic acids is 1. The molecule has 2 unspecified atom stereocenters. The summed E-state index contributed by atoms with van der Waals surface area (Å²) in [6.45, 7) is 6.41. The molecule has 0 aromatic rings. The summed E-state index contributed by atoms with van der Waals surface area (Å²) in [6.07, 6.45) is 1.18. The normalized spacial score (nSPS) is 14.2. The van der Waals surface area contributed by atoms with E-state index in [4.69, 9.17) is 14.6 Å². The van der Waals surface area contributed by atoms with Gasteiger partial charge in [0.15, 0.2) is 6.04 Å². The largest absolute Gasteiger partial charge is 0.480 e. The predicted molar refractivity (Wildman–Crippen MR) is 70.9 cm³/mol. The molecule has 0 heterocycles. The molecule has 0 spiro atoms. The van der Waals surface area contributed by atoms with Gasteiger partial charge in [0.25, 0.3) is 0 Å². The first-order valence-electron chi connectivity index (χ1n) is 6.49. The Labute approximate surface area is 114 Å². The number of carbonyl (C=O) groups is 2. The van der Waals surface area contributed by atoms with Crippen LogP contribution in [0.2, 0.25) is 0 Å². The fraction of sp³-hybridized carbons (Fsp3) is 0.846. The fourth-order valence-corrected chi connectivity index (χ4v) is 1.69. The predicted octanol–water partition coefficient (Wildman–Crippen LogP) is 1.04. The third kappa shape index (κ3) is 9.44. The zero-order chi connectivity index (χ0) is 14.8. The molecule has 0 saturated heterocycles. The molecule has 112 valence electrons. The second-order valence-electron chi connectivity index (χ2n) is 4.97. The quantitative estimate of drug-likeness (QED) is 0.622. The van der Waals surface area contributed by atoms with Crippen LogP contribution < -0.4 is 5.32 Å². The van der Waals surface area contributed by atoms with Crippen LogP contribution in [0.25, 0.3) is 0 Å². The maximum atomic E-state index is 11.5. The lowest BCUT2D eigenvalue weighted by Crippen LogP contribution is -2.44. The van der Waals surface area contributed by atoms with E-state index in [0.717, 1.165) is 6.42 Å². The van der Waals surface area contributed by atoms with E-state index < -0.39 is 12.0 Å². The molecule has 0 aliphatic carbocycles. The van der Waals surface area contributed by atoms with E-state index in [1.165, 1.54) is 7.11 Å². The monoisotopic (exact) mass is 275 g/mol. The third-order valence-corrected chi connectivity index (χ3v) is 2.50. The molecule has 2 N–H and O–H groups in total. The van der Waals surface area contributed by atoms with Crippen molar-refractivity contribution in [2.45, 2.75) is 45.8 Å². The minimum absolute atomic E-state index is 0.0499. The number of ether oxygens (including phenoxy) is 2. The highest BCUT2D eigenvalue weighted by Crippen LogP contribution is 2.07. The van der Waals surface area contributed by atoms with Gasteiger partial charge in [0.2, 0.25) is 5.91 Å². The van der Waals surface area contributed by atoms with E-state index in [-0.39, 0.29) is 25.0 Å². The van der Waals surface area contributed by atoms with Crippen molar-refractivity contribution >= 4 is 11.9 Å². The molecule has 6 heteroatoms. The van der Waals surface area contributed by atoms with Gasteiger partial charge >= 0.3 is 5.97 Å². The smallest absolute Gasteiger partial charge is 0.328 e. The van der Waals surface area contributed by atoms with Crippen LogP contribution in [0.1, 0.15) is 33.6 Å². The number of nitrogens with one attached hydrogen (secondary N) is 1. The van der Waals surface area contributed by atoms with Crippen molar-refractivity contribution in [2.75, 3.05) is 20.3 Å². The first kappa shape index (κ1) is 17.9. The second kappa shape index (κ2) is 9.75. The van der Waals surface area contributed by atoms with Crippen LogP contribution in [-0.4, -0.2) is 49.5 Å². The molecular formula is C13H25NO5. The van der Waals surface area contributed by atoms with E-state index in [2.05, 4.69) is 19.2 Å². The Morgan fingerprint density at radius 3 is 2.37 bits per heavy atom. The Morgan fingerprint density at radius 2 is 1.89 bits per heavy atom. The van der Waals surface area contributed by atoms with Crippen LogP contribution in [-0.2, 0) is 19.1 Å². The summed E-state index contributed by atoms with van der Waals surface area (Å²) >= 11 is 0. The summed E-state index contributed by atoms with van der Waals surface area (Å²) in [4.78, 5) is 22.3. The average Bonchev–Trinajstić information content (AvgIpc) is 2.27. The average molecular weight is 275 g/mol. The zero-order valence-electron chi connectivity index (χ0n) is 12.1. The summed E-state index contributed by atoms with van der Waals surface area (Å²) in [6, 6.07) is -1.01. The van der Waals surface area contributed by atoms with Crippen LogP contribution in [0.3, 0.4) is 0 Å². The zero-order valence-corrected chi connectivity index (χ0v) is 12.1. The van der Waals surface area contributed by atoms with Gasteiger partial charge in [-0.25, -0.2) is 4.79 Å². The minimum atomic E-state index is -1.11. The van der Waals surface area contributed by atoms with E-state index in [1.807, 2.05) is 6.92 Å². The van der Waals surface area contributed by atoms with Crippen molar-refractivity contribution in [3.8, 4) is 0 Å². The second-order valence-corrected chi connectivity index (χ2v) is 4.97. The molecule has 0 aromatic heterocycles. The van der Waals surface area contributed by atoms with Crippen molar-refractivity contribution < 1.29 is 24.2 Å². The molecular weight excluding hydrogens is 250 g/mol. The van der Waals surface area contributed by atoms with Crippen LogP contribution >= 0.6 is 0 Å². The molecule has 1 amide bonds. The molecule has 0 bridgehead atoms. The lowest BCUT2D eigenvalue weighted by molar-refractivity contribution is -0.143. The molecule has 0 aromatic carbocycles. The van der Waals surface area contributed by atoms with E-state index in [0.29, 0.717) is 12.5 Å². The standard InChI is InChI=1S/C13H25NO5/c1-9(2)7-10(3)19-6-5-12(15)14-11(8-18-4)13(16)17/h9-11H,5-8H2,1-4H3,(H,14,15)(H,16,17). The maximum Gasteiger partial charge on any atom is 0.328 e. The van der Waals surface area contributed by atoms with Gasteiger partial charge in [-0.05, 0) is 19.3 Å². The number of hydrogen-bond acceptors (Lipinski definition) is 4. The Kier molecular flexibility index (Phi) is 9.16. The van der Waals surface area contributed by atoms with Crippen LogP contribution in [0, 0.1) is 5.92 Å². The first-order valence-corrected chi connectivity index (χ1v) is 6.49. The molecule has 19 heavy (non-hydrogen) atoms. The fourth-order valence-electron chi connectivity index (χ4n) is 1.69. The van der Waals surface area contributed by atoms with Crippen LogP contribution in [0.5, 0.6) is 0 Å². The van der Waals surface area contributed by atoms with E-state index in [9.17, 15) is 9.59 Å². The van der Waals surface area contributed by atoms with Gasteiger partial charge < -0.3 is 19.9 Å². The molecule has 0 fully saturated rings. The summed E-state index contributed by atoms with van der Waals surface area (Å²) in [7, 11) is 1.39. The van der Waals surface area contributed by atoms with Crippen molar-refractivity contribution in [1.82, 2.24) is 5.32 Å². The number of aliphatic carboxylic acids is 1. The van der Waals surface area contributed by atoms with Gasteiger partial charge in [-0.15, -0.1) is 0 Å². The number of methoxy groups -OCH3 is 1. The summed E-state index contributed by atoms with van der Waals surface area (Å²) in [5.41, 5.74) is 0. The number of hydrogen-bond donors (Lipinski definition) is 2. The Morgan fingerprint density at radius 1 is 1.26 bits per heavy atom. The molecule has 0 saturated carbocycles. The van der Waals surface area contributed by atoms with Gasteiger partial charge in [-0.1, -0.05) is 13.8 Å². The van der Waals surface area contributed by atoms with Gasteiger partial charge in [0.05, 0.1) is 19.3 Å². The number of carboxylic acids is 1. The Balaban J connectivity index is 3.88. The highest BCUT2D eigenvalue weighted by molar-refractivity contribution is 5.83. The SMILES string of the molecule is COCC(NC(=O)CCOC(C)CC(C)C)C(=O)O. The molecule has 2 atom stereocenters. The first-order chi connectivity index (χ1) is 8.86. The highest BCUT2D eigenvalue weighted by atomic mass is 16.5. The van der Waals surface area contributed by atoms with Gasteiger partial charge in [-0.2, -0.15) is 0 Å². The van der Waals surface area contributed by atoms with Crippen molar-refractivity contribution in [1.29, 1.82) is 0 Å². The van der Waals surface area contributed by atoms with Gasteiger partial charge in [0, 0.05) is 13.5 Å². The summed E-state index contributed by atoms with van der Waals surface area (Å²) in [5, 5.41) is 11.2. The van der Waals surface area contributed by atoms with Crippen molar-refractivity contribution in [3.63, 3.8) is 0 Å². The van der Waals surface area contributed by atoms with Crippen molar-refractivity contribution in [3.05, 3.63) is 0 Å². The maximum absolute atomic E-state index is 11.5. The lowest BCUT2D eigenvalue weighted by atomic mass is 10.1. The summed E-state index contributed by atoms with van der Waals surface area (Å²) in [5.74, 6) is -0.910. The molecule has 0 radical (unpaired) electrons. The molecule has 0 aliphatic heterocycles. The topological polar surface area (TPSA) is 84.9 Å². The third-order valence-electron chi connectivity index (χ3n) is 2.50. The Bertz CT molecular complexity index is 280. The molecule has 0 aliphatic rings. The summed E-state index contributed by atoms with van der Waals surface area (Å²) < 4.78 is 10.2. The van der Waals surface area contributed by atoms with Gasteiger partial charge in [-0.3, -0.25) is 4.79 Å². The Hall–Kier alpha value is -1.14. The van der Waals surface area contributed by atoms with Crippen LogP contribution in [0.15, 0.2) is 0 Å². The minimum Gasteiger partial charge on any atom is -0.480 e. The highest BCUT2D eigenvalue weighted by Gasteiger charge is 2.19. The number of amides is 1. The molecule has 6 nitrogen and oxygen atoms in total. The molecule has 0 rings (SSSR count). The van der Waals surface area contributed by atoms with Crippen molar-refractivity contribution in [2.24, 2.45) is 5.92 Å². The lowest BCUT2D eigenvalue weighted by Gasteiger charge is -2.16. The van der Waals surface area contributed by atoms with E-state index in [1.54, 1.807) is 0 Å².